The molecule has 35 heavy (non-hydrogen) atoms. The van der Waals surface area contributed by atoms with Crippen LogP contribution < -0.4 is 16.0 Å². The largest absolute Gasteiger partial charge is 0.340 e. The maximum Gasteiger partial charge on any atom is 0.228 e. The standard InChI is InChI=1S/C15H10ClFN4O.C7H15N.C2H2ClFO/c16-12-6-10(1-3-13(12)17)21-15-11-5-9(20-8-22)2-4-14(11)18-7-19-15;1-7(8-2)5-3-4-6-7;3-2(4)1-5/h1-8H,(H,20,22)(H,18,19,21);8H,3-6H2,1-2H3;1-2H. The highest BCUT2D eigenvalue weighted by molar-refractivity contribution is 6.31. The van der Waals surface area contributed by atoms with E-state index in [4.69, 9.17) is 16.4 Å². The zero-order valence-electron chi connectivity index (χ0n) is 19.3. The van der Waals surface area contributed by atoms with Crippen LogP contribution in [-0.4, -0.2) is 40.9 Å². The molecule has 1 atom stereocenters. The van der Waals surface area contributed by atoms with Crippen molar-refractivity contribution in [3.8, 4) is 0 Å². The molecule has 3 aromatic rings. The number of amides is 1. The maximum atomic E-state index is 13.2. The molecule has 1 aromatic heterocycles. The minimum atomic E-state index is -1.82. The van der Waals surface area contributed by atoms with Crippen molar-refractivity contribution in [3.63, 3.8) is 0 Å². The van der Waals surface area contributed by atoms with Crippen LogP contribution in [0.15, 0.2) is 42.7 Å². The predicted molar refractivity (Wildman–Crippen MR) is 137 cm³/mol. The van der Waals surface area contributed by atoms with Gasteiger partial charge in [0.25, 0.3) is 0 Å². The summed E-state index contributed by atoms with van der Waals surface area (Å²) in [4.78, 5) is 27.9. The van der Waals surface area contributed by atoms with Gasteiger partial charge in [0.2, 0.25) is 12.0 Å². The Bertz CT molecular complexity index is 1130. The molecule has 0 spiro atoms. The highest BCUT2D eigenvalue weighted by Crippen LogP contribution is 2.28. The molecule has 4 rings (SSSR count). The fourth-order valence-electron chi connectivity index (χ4n) is 3.43. The van der Waals surface area contributed by atoms with Gasteiger partial charge in [-0.1, -0.05) is 36.0 Å². The number of benzene rings is 2. The van der Waals surface area contributed by atoms with E-state index in [1.54, 1.807) is 24.3 Å². The summed E-state index contributed by atoms with van der Waals surface area (Å²) in [6, 6.07) is 9.56. The summed E-state index contributed by atoms with van der Waals surface area (Å²) in [7, 11) is 2.06. The van der Waals surface area contributed by atoms with Gasteiger partial charge >= 0.3 is 0 Å². The second kappa shape index (κ2) is 13.9. The second-order valence-electron chi connectivity index (χ2n) is 7.96. The van der Waals surface area contributed by atoms with E-state index < -0.39 is 11.4 Å². The van der Waals surface area contributed by atoms with Crippen LogP contribution in [0, 0.1) is 5.82 Å². The topological polar surface area (TPSA) is 96.0 Å². The van der Waals surface area contributed by atoms with Crippen molar-refractivity contribution >= 4 is 64.0 Å². The molecule has 1 fully saturated rings. The van der Waals surface area contributed by atoms with Crippen molar-refractivity contribution in [1.82, 2.24) is 15.3 Å². The van der Waals surface area contributed by atoms with Crippen molar-refractivity contribution in [2.45, 2.75) is 43.8 Å². The summed E-state index contributed by atoms with van der Waals surface area (Å²) in [5, 5.41) is 9.72. The molecule has 2 aromatic carbocycles. The molecule has 0 radical (unpaired) electrons. The van der Waals surface area contributed by atoms with Gasteiger partial charge in [-0.05, 0) is 63.2 Å². The van der Waals surface area contributed by atoms with Gasteiger partial charge in [0, 0.05) is 22.3 Å². The smallest absolute Gasteiger partial charge is 0.228 e. The molecule has 188 valence electrons. The highest BCUT2D eigenvalue weighted by Gasteiger charge is 2.25. The molecule has 11 heteroatoms. The van der Waals surface area contributed by atoms with E-state index >= 15 is 0 Å². The fourth-order valence-corrected chi connectivity index (χ4v) is 3.61. The zero-order valence-corrected chi connectivity index (χ0v) is 20.8. The Kier molecular flexibility index (Phi) is 11.2. The molecular formula is C24H27Cl2F2N5O2. The molecular weight excluding hydrogens is 499 g/mol. The zero-order chi connectivity index (χ0) is 25.8. The van der Waals surface area contributed by atoms with Crippen LogP contribution in [0.5, 0.6) is 0 Å². The number of aldehydes is 1. The van der Waals surface area contributed by atoms with Crippen LogP contribution >= 0.6 is 23.2 Å². The Balaban J connectivity index is 0.000000273. The summed E-state index contributed by atoms with van der Waals surface area (Å²) in [5.74, 6) is 0.0412. The number of hydrogen-bond donors (Lipinski definition) is 3. The number of fused-ring (bicyclic) bond motifs is 1. The molecule has 0 bridgehead atoms. The molecule has 0 saturated heterocycles. The molecule has 1 unspecified atom stereocenters. The normalized spacial score (nSPS) is 14.6. The van der Waals surface area contributed by atoms with Crippen LogP contribution in [0.25, 0.3) is 10.9 Å². The lowest BCUT2D eigenvalue weighted by Crippen LogP contribution is -2.35. The van der Waals surface area contributed by atoms with Gasteiger partial charge in [-0.2, -0.15) is 0 Å². The Morgan fingerprint density at radius 1 is 1.09 bits per heavy atom. The lowest BCUT2D eigenvalue weighted by molar-refractivity contribution is -0.109. The summed E-state index contributed by atoms with van der Waals surface area (Å²) < 4.78 is 24.0. The Labute approximate surface area is 212 Å². The number of carbonyl (C=O) groups excluding carboxylic acids is 2. The number of nitrogens with one attached hydrogen (secondary N) is 3. The van der Waals surface area contributed by atoms with Crippen LogP contribution in [0.4, 0.5) is 26.0 Å². The molecule has 1 aliphatic rings. The van der Waals surface area contributed by atoms with Gasteiger partial charge in [0.05, 0.1) is 10.5 Å². The average molecular weight is 526 g/mol. The second-order valence-corrected chi connectivity index (χ2v) is 8.78. The van der Waals surface area contributed by atoms with Crippen molar-refractivity contribution in [2.75, 3.05) is 17.7 Å². The lowest BCUT2D eigenvalue weighted by atomic mass is 10.0. The molecule has 1 aliphatic carbocycles. The fraction of sp³-hybridized carbons (Fsp3) is 0.333. The van der Waals surface area contributed by atoms with Crippen LogP contribution in [-0.2, 0) is 9.59 Å². The van der Waals surface area contributed by atoms with Gasteiger partial charge in [-0.3, -0.25) is 9.59 Å². The molecule has 0 aliphatic heterocycles. The van der Waals surface area contributed by atoms with Crippen molar-refractivity contribution in [2.24, 2.45) is 0 Å². The van der Waals surface area contributed by atoms with E-state index in [1.165, 1.54) is 44.1 Å². The summed E-state index contributed by atoms with van der Waals surface area (Å²) in [5.41, 5.74) is 0.592. The summed E-state index contributed by atoms with van der Waals surface area (Å²) >= 11 is 10.2. The number of carbonyl (C=O) groups is 2. The van der Waals surface area contributed by atoms with Gasteiger partial charge in [-0.25, -0.2) is 18.7 Å². The average Bonchev–Trinajstić information content (AvgIpc) is 3.30. The SMILES string of the molecule is CNC1(C)CCCC1.O=CC(F)Cl.O=CNc1ccc2ncnc(Nc3ccc(F)c(Cl)c3)c2c1. The van der Waals surface area contributed by atoms with Crippen LogP contribution in [0.3, 0.4) is 0 Å². The Hall–Kier alpha value is -2.88. The van der Waals surface area contributed by atoms with Crippen LogP contribution in [0.1, 0.15) is 32.6 Å². The van der Waals surface area contributed by atoms with Crippen LogP contribution in [0.2, 0.25) is 5.02 Å². The number of halogens is 4. The third-order valence-corrected chi connectivity index (χ3v) is 5.85. The van der Waals surface area contributed by atoms with E-state index in [-0.39, 0.29) is 11.3 Å². The summed E-state index contributed by atoms with van der Waals surface area (Å²) in [6.07, 6.45) is 7.59. The number of aromatic nitrogens is 2. The number of hydrogen-bond acceptors (Lipinski definition) is 6. The molecule has 1 saturated carbocycles. The minimum absolute atomic E-state index is 0.0154. The van der Waals surface area contributed by atoms with Crippen molar-refractivity contribution in [1.29, 1.82) is 0 Å². The molecule has 1 amide bonds. The number of anilines is 3. The van der Waals surface area contributed by atoms with Crippen molar-refractivity contribution in [3.05, 3.63) is 53.6 Å². The maximum absolute atomic E-state index is 13.2. The van der Waals surface area contributed by atoms with E-state index in [0.29, 0.717) is 34.7 Å². The number of nitrogens with zero attached hydrogens (tertiary/aromatic N) is 2. The first-order valence-electron chi connectivity index (χ1n) is 10.8. The molecule has 1 heterocycles. The first-order valence-corrected chi connectivity index (χ1v) is 11.6. The lowest BCUT2D eigenvalue weighted by Gasteiger charge is -2.21. The van der Waals surface area contributed by atoms with Gasteiger partial charge < -0.3 is 16.0 Å². The monoisotopic (exact) mass is 525 g/mol. The van der Waals surface area contributed by atoms with Crippen molar-refractivity contribution < 1.29 is 18.4 Å². The third kappa shape index (κ3) is 9.01. The number of rotatable bonds is 6. The molecule has 3 N–H and O–H groups in total. The Morgan fingerprint density at radius 2 is 1.74 bits per heavy atom. The first-order chi connectivity index (χ1) is 16.7. The Morgan fingerprint density at radius 3 is 2.29 bits per heavy atom. The van der Waals surface area contributed by atoms with Gasteiger partial charge in [0.1, 0.15) is 18.0 Å². The third-order valence-electron chi connectivity index (χ3n) is 5.46. The van der Waals surface area contributed by atoms with E-state index in [1.807, 2.05) is 0 Å². The minimum Gasteiger partial charge on any atom is -0.340 e. The highest BCUT2D eigenvalue weighted by atomic mass is 35.5. The summed E-state index contributed by atoms with van der Waals surface area (Å²) in [6.45, 7) is 2.31. The molecule has 7 nitrogen and oxygen atoms in total. The van der Waals surface area contributed by atoms with Gasteiger partial charge in [0.15, 0.2) is 6.29 Å². The van der Waals surface area contributed by atoms with E-state index in [9.17, 15) is 13.6 Å². The first kappa shape index (κ1) is 28.4. The number of alkyl halides is 2. The quantitative estimate of drug-likeness (QED) is 0.270. The predicted octanol–water partition coefficient (Wildman–Crippen LogP) is 5.99. The van der Waals surface area contributed by atoms with Gasteiger partial charge in [-0.15, -0.1) is 0 Å². The van der Waals surface area contributed by atoms with E-state index in [0.717, 1.165) is 5.39 Å². The van der Waals surface area contributed by atoms with E-state index in [2.05, 4.69) is 51.5 Å².